The van der Waals surface area contributed by atoms with Gasteiger partial charge in [0.05, 0.1) is 6.61 Å². The molecule has 0 aliphatic rings. The molecule has 0 spiro atoms. The highest BCUT2D eigenvalue weighted by molar-refractivity contribution is 6.02. The van der Waals surface area contributed by atoms with Gasteiger partial charge in [-0.1, -0.05) is 30.3 Å². The molecule has 0 aromatic heterocycles. The molecule has 0 atom stereocenters. The van der Waals surface area contributed by atoms with Gasteiger partial charge in [-0.25, -0.2) is 4.79 Å². The van der Waals surface area contributed by atoms with E-state index in [4.69, 9.17) is 9.84 Å². The molecule has 1 amide bonds. The lowest BCUT2D eigenvalue weighted by molar-refractivity contribution is -0.131. The second kappa shape index (κ2) is 8.38. The monoisotopic (exact) mass is 311 g/mol. The number of aliphatic carboxylic acids is 1. The van der Waals surface area contributed by atoms with Gasteiger partial charge in [-0.15, -0.1) is 0 Å². The summed E-state index contributed by atoms with van der Waals surface area (Å²) in [5, 5.41) is 11.0. The van der Waals surface area contributed by atoms with Crippen LogP contribution in [-0.2, 0) is 16.0 Å². The van der Waals surface area contributed by atoms with Crippen LogP contribution in [0.5, 0.6) is 5.75 Å². The Balaban J connectivity index is 1.80. The number of ether oxygens (including phenoxy) is 1. The number of carbonyl (C=O) groups excluding carboxylic acids is 1. The predicted molar refractivity (Wildman–Crippen MR) is 87.5 cm³/mol. The highest BCUT2D eigenvalue weighted by Gasteiger charge is 2.00. The van der Waals surface area contributed by atoms with Crippen LogP contribution < -0.4 is 10.1 Å². The average molecular weight is 311 g/mol. The van der Waals surface area contributed by atoms with Crippen LogP contribution in [0.3, 0.4) is 0 Å². The topological polar surface area (TPSA) is 75.6 Å². The van der Waals surface area contributed by atoms with Crippen molar-refractivity contribution in [1.29, 1.82) is 0 Å². The molecule has 2 N–H and O–H groups in total. The number of hydrogen-bond donors (Lipinski definition) is 2. The van der Waals surface area contributed by atoms with E-state index in [-0.39, 0.29) is 0 Å². The van der Waals surface area contributed by atoms with Gasteiger partial charge in [0.2, 0.25) is 5.91 Å². The Morgan fingerprint density at radius 3 is 2.35 bits per heavy atom. The van der Waals surface area contributed by atoms with Crippen LogP contribution in [0.15, 0.2) is 66.7 Å². The molecule has 0 aliphatic heterocycles. The summed E-state index contributed by atoms with van der Waals surface area (Å²) in [6.45, 7) is 0.567. The molecule has 2 aromatic rings. The van der Waals surface area contributed by atoms with Gasteiger partial charge < -0.3 is 15.2 Å². The largest absolute Gasteiger partial charge is 0.493 e. The Hall–Kier alpha value is -3.08. The van der Waals surface area contributed by atoms with Gasteiger partial charge in [-0.05, 0) is 29.8 Å². The molecule has 23 heavy (non-hydrogen) atoms. The Morgan fingerprint density at radius 2 is 1.70 bits per heavy atom. The van der Waals surface area contributed by atoms with Crippen molar-refractivity contribution >= 4 is 17.6 Å². The van der Waals surface area contributed by atoms with E-state index < -0.39 is 11.9 Å². The third-order valence-electron chi connectivity index (χ3n) is 3.00. The maximum atomic E-state index is 11.4. The van der Waals surface area contributed by atoms with E-state index >= 15 is 0 Å². The van der Waals surface area contributed by atoms with Gasteiger partial charge in [0.15, 0.2) is 0 Å². The molecule has 0 radical (unpaired) electrons. The lowest BCUT2D eigenvalue weighted by Crippen LogP contribution is -2.08. The minimum atomic E-state index is -1.16. The molecule has 0 saturated carbocycles. The van der Waals surface area contributed by atoms with Crippen molar-refractivity contribution in [3.8, 4) is 5.75 Å². The van der Waals surface area contributed by atoms with Gasteiger partial charge in [0.25, 0.3) is 0 Å². The number of rotatable bonds is 7. The van der Waals surface area contributed by atoms with Crippen molar-refractivity contribution in [2.45, 2.75) is 6.42 Å². The number of nitrogens with one attached hydrogen (secondary N) is 1. The van der Waals surface area contributed by atoms with E-state index in [1.165, 1.54) is 5.56 Å². The molecule has 5 nitrogen and oxygen atoms in total. The zero-order valence-electron chi connectivity index (χ0n) is 12.4. The van der Waals surface area contributed by atoms with E-state index in [0.29, 0.717) is 18.0 Å². The number of carboxylic acid groups (broad SMARTS) is 1. The summed E-state index contributed by atoms with van der Waals surface area (Å²) in [5.41, 5.74) is 1.78. The third-order valence-corrected chi connectivity index (χ3v) is 3.00. The number of carbonyl (C=O) groups is 2. The molecular formula is C18H17NO4. The Kier molecular flexibility index (Phi) is 5.94. The molecule has 0 aliphatic carbocycles. The zero-order chi connectivity index (χ0) is 16.5. The fourth-order valence-corrected chi connectivity index (χ4v) is 1.90. The van der Waals surface area contributed by atoms with Crippen LogP contribution in [0.2, 0.25) is 0 Å². The van der Waals surface area contributed by atoms with E-state index in [1.807, 2.05) is 30.3 Å². The van der Waals surface area contributed by atoms with Crippen LogP contribution in [0.4, 0.5) is 5.69 Å². The van der Waals surface area contributed by atoms with Crippen LogP contribution in [0.25, 0.3) is 0 Å². The summed E-state index contributed by atoms with van der Waals surface area (Å²) in [6, 6.07) is 17.0. The van der Waals surface area contributed by atoms with Crippen LogP contribution >= 0.6 is 0 Å². The maximum absolute atomic E-state index is 11.4. The maximum Gasteiger partial charge on any atom is 0.328 e. The normalized spacial score (nSPS) is 10.4. The lowest BCUT2D eigenvalue weighted by atomic mass is 10.2. The number of hydrogen-bond acceptors (Lipinski definition) is 3. The molecule has 5 heteroatoms. The molecular weight excluding hydrogens is 294 g/mol. The van der Waals surface area contributed by atoms with E-state index in [1.54, 1.807) is 24.3 Å². The second-order valence-corrected chi connectivity index (χ2v) is 4.77. The molecule has 0 unspecified atom stereocenters. The third kappa shape index (κ3) is 6.05. The molecule has 2 aromatic carbocycles. The fourth-order valence-electron chi connectivity index (χ4n) is 1.90. The first-order chi connectivity index (χ1) is 11.1. The highest BCUT2D eigenvalue weighted by Crippen LogP contribution is 2.16. The quantitative estimate of drug-likeness (QED) is 0.771. The van der Waals surface area contributed by atoms with Crippen LogP contribution in [0.1, 0.15) is 5.56 Å². The van der Waals surface area contributed by atoms with Crippen LogP contribution in [0, 0.1) is 0 Å². The van der Waals surface area contributed by atoms with Gasteiger partial charge in [0.1, 0.15) is 5.75 Å². The zero-order valence-corrected chi connectivity index (χ0v) is 12.4. The minimum Gasteiger partial charge on any atom is -0.493 e. The molecule has 0 saturated heterocycles. The van der Waals surface area contributed by atoms with Crippen molar-refractivity contribution in [2.75, 3.05) is 11.9 Å². The summed E-state index contributed by atoms with van der Waals surface area (Å²) >= 11 is 0. The Labute approximate surface area is 134 Å². The SMILES string of the molecule is O=C(O)/C=C/C(=O)Nc1ccc(OCCc2ccccc2)cc1. The van der Waals surface area contributed by atoms with Crippen molar-refractivity contribution in [3.05, 3.63) is 72.3 Å². The first-order valence-electron chi connectivity index (χ1n) is 7.12. The number of carboxylic acids is 1. The van der Waals surface area contributed by atoms with Gasteiger partial charge in [-0.3, -0.25) is 4.79 Å². The minimum absolute atomic E-state index is 0.495. The summed E-state index contributed by atoms with van der Waals surface area (Å²) < 4.78 is 5.64. The van der Waals surface area contributed by atoms with Crippen LogP contribution in [-0.4, -0.2) is 23.6 Å². The van der Waals surface area contributed by atoms with Crippen molar-refractivity contribution < 1.29 is 19.4 Å². The molecule has 0 fully saturated rings. The highest BCUT2D eigenvalue weighted by atomic mass is 16.5. The smallest absolute Gasteiger partial charge is 0.328 e. The number of amides is 1. The standard InChI is InChI=1S/C18H17NO4/c20-17(10-11-18(21)22)19-15-6-8-16(9-7-15)23-13-12-14-4-2-1-3-5-14/h1-11H,12-13H2,(H,19,20)(H,21,22)/b11-10+. The number of benzene rings is 2. The lowest BCUT2D eigenvalue weighted by Gasteiger charge is -2.07. The molecule has 118 valence electrons. The number of anilines is 1. The predicted octanol–water partition coefficient (Wildman–Crippen LogP) is 2.89. The average Bonchev–Trinajstić information content (AvgIpc) is 2.56. The summed E-state index contributed by atoms with van der Waals surface area (Å²) in [4.78, 5) is 21.8. The first-order valence-corrected chi connectivity index (χ1v) is 7.12. The van der Waals surface area contributed by atoms with E-state index in [9.17, 15) is 9.59 Å². The molecule has 0 bridgehead atoms. The van der Waals surface area contributed by atoms with Crippen molar-refractivity contribution in [2.24, 2.45) is 0 Å². The van der Waals surface area contributed by atoms with Crippen molar-refractivity contribution in [1.82, 2.24) is 0 Å². The van der Waals surface area contributed by atoms with Gasteiger partial charge in [-0.2, -0.15) is 0 Å². The van der Waals surface area contributed by atoms with Gasteiger partial charge >= 0.3 is 5.97 Å². The Morgan fingerprint density at radius 1 is 1.00 bits per heavy atom. The molecule has 2 rings (SSSR count). The molecule has 0 heterocycles. The summed E-state index contributed by atoms with van der Waals surface area (Å²) in [6.07, 6.45) is 2.57. The van der Waals surface area contributed by atoms with Gasteiger partial charge in [0, 0.05) is 24.3 Å². The van der Waals surface area contributed by atoms with E-state index in [2.05, 4.69) is 5.32 Å². The first kappa shape index (κ1) is 16.3. The fraction of sp³-hybridized carbons (Fsp3) is 0.111. The van der Waals surface area contributed by atoms with E-state index in [0.717, 1.165) is 18.6 Å². The second-order valence-electron chi connectivity index (χ2n) is 4.77. The van der Waals surface area contributed by atoms with Crippen molar-refractivity contribution in [3.63, 3.8) is 0 Å². The summed E-state index contributed by atoms with van der Waals surface area (Å²) in [7, 11) is 0. The Bertz CT molecular complexity index is 678. The summed E-state index contributed by atoms with van der Waals surface area (Å²) in [5.74, 6) is -0.951.